The van der Waals surface area contributed by atoms with E-state index in [9.17, 15) is 9.59 Å². The molecule has 0 aliphatic carbocycles. The Morgan fingerprint density at radius 1 is 1.19 bits per heavy atom. The van der Waals surface area contributed by atoms with Gasteiger partial charge in [-0.3, -0.25) is 14.6 Å². The third-order valence-corrected chi connectivity index (χ3v) is 5.69. The fourth-order valence-corrected chi connectivity index (χ4v) is 4.00. The SMILES string of the molecule is Cc1cnccc1N1CCCN(C(=O)C(C)(C)NC(=O)c2cccs2)CC1. The van der Waals surface area contributed by atoms with Gasteiger partial charge in [0.1, 0.15) is 5.54 Å². The van der Waals surface area contributed by atoms with E-state index in [1.54, 1.807) is 26.1 Å². The lowest BCUT2D eigenvalue weighted by molar-refractivity contribution is -0.136. The van der Waals surface area contributed by atoms with Gasteiger partial charge in [0.25, 0.3) is 5.91 Å². The van der Waals surface area contributed by atoms with Gasteiger partial charge >= 0.3 is 0 Å². The zero-order valence-electron chi connectivity index (χ0n) is 16.1. The number of carbonyl (C=O) groups excluding carboxylic acids is 2. The number of carbonyl (C=O) groups is 2. The summed E-state index contributed by atoms with van der Waals surface area (Å²) in [5, 5.41) is 4.74. The fraction of sp³-hybridized carbons (Fsp3) is 0.450. The monoisotopic (exact) mass is 386 g/mol. The lowest BCUT2D eigenvalue weighted by atomic mass is 10.0. The lowest BCUT2D eigenvalue weighted by Gasteiger charge is -2.32. The van der Waals surface area contributed by atoms with Crippen LogP contribution in [0.25, 0.3) is 0 Å². The highest BCUT2D eigenvalue weighted by atomic mass is 32.1. The highest BCUT2D eigenvalue weighted by molar-refractivity contribution is 7.12. The Balaban J connectivity index is 1.65. The van der Waals surface area contributed by atoms with Crippen LogP contribution in [0, 0.1) is 6.92 Å². The van der Waals surface area contributed by atoms with Gasteiger partial charge in [-0.25, -0.2) is 0 Å². The molecule has 6 nitrogen and oxygen atoms in total. The maximum Gasteiger partial charge on any atom is 0.262 e. The molecule has 2 amide bonds. The molecule has 3 heterocycles. The summed E-state index contributed by atoms with van der Waals surface area (Å²) in [6, 6.07) is 5.62. The van der Waals surface area contributed by atoms with Crippen molar-refractivity contribution in [3.05, 3.63) is 46.4 Å². The van der Waals surface area contributed by atoms with E-state index in [1.165, 1.54) is 17.0 Å². The first-order valence-corrected chi connectivity index (χ1v) is 10.1. The Bertz CT molecular complexity index is 804. The summed E-state index contributed by atoms with van der Waals surface area (Å²) in [6.45, 7) is 8.60. The summed E-state index contributed by atoms with van der Waals surface area (Å²) in [4.78, 5) is 34.4. The number of nitrogens with one attached hydrogen (secondary N) is 1. The van der Waals surface area contributed by atoms with Crippen LogP contribution in [0.1, 0.15) is 35.5 Å². The Labute approximate surface area is 164 Å². The number of anilines is 1. The van der Waals surface area contributed by atoms with E-state index in [0.717, 1.165) is 25.1 Å². The molecular weight excluding hydrogens is 360 g/mol. The van der Waals surface area contributed by atoms with Crippen LogP contribution in [0.2, 0.25) is 0 Å². The van der Waals surface area contributed by atoms with Gasteiger partial charge < -0.3 is 15.1 Å². The van der Waals surface area contributed by atoms with Crippen molar-refractivity contribution in [1.29, 1.82) is 0 Å². The molecule has 1 N–H and O–H groups in total. The van der Waals surface area contributed by atoms with Crippen molar-refractivity contribution in [1.82, 2.24) is 15.2 Å². The molecule has 0 atom stereocenters. The number of amides is 2. The molecule has 27 heavy (non-hydrogen) atoms. The molecule has 0 radical (unpaired) electrons. The largest absolute Gasteiger partial charge is 0.369 e. The van der Waals surface area contributed by atoms with Crippen molar-refractivity contribution < 1.29 is 9.59 Å². The minimum absolute atomic E-state index is 0.0410. The summed E-state index contributed by atoms with van der Waals surface area (Å²) in [5.41, 5.74) is 1.37. The Morgan fingerprint density at radius 3 is 2.70 bits per heavy atom. The van der Waals surface area contributed by atoms with Crippen molar-refractivity contribution in [2.45, 2.75) is 32.7 Å². The van der Waals surface area contributed by atoms with Crippen molar-refractivity contribution in [3.8, 4) is 0 Å². The third-order valence-electron chi connectivity index (χ3n) is 4.82. The number of pyridine rings is 1. The molecule has 144 valence electrons. The molecule has 1 aliphatic heterocycles. The topological polar surface area (TPSA) is 65.5 Å². The van der Waals surface area contributed by atoms with E-state index < -0.39 is 5.54 Å². The van der Waals surface area contributed by atoms with Gasteiger partial charge in [-0.05, 0) is 50.3 Å². The predicted octanol–water partition coefficient (Wildman–Crippen LogP) is 2.70. The van der Waals surface area contributed by atoms with Crippen molar-refractivity contribution in [2.75, 3.05) is 31.1 Å². The first-order chi connectivity index (χ1) is 12.9. The minimum atomic E-state index is -0.942. The molecule has 1 saturated heterocycles. The maximum absolute atomic E-state index is 13.1. The van der Waals surface area contributed by atoms with Crippen LogP contribution < -0.4 is 10.2 Å². The minimum Gasteiger partial charge on any atom is -0.369 e. The summed E-state index contributed by atoms with van der Waals surface area (Å²) in [6.07, 6.45) is 4.56. The van der Waals surface area contributed by atoms with E-state index in [1.807, 2.05) is 28.6 Å². The molecule has 0 spiro atoms. The van der Waals surface area contributed by atoms with E-state index in [4.69, 9.17) is 0 Å². The molecule has 0 saturated carbocycles. The van der Waals surface area contributed by atoms with Crippen LogP contribution in [0.15, 0.2) is 36.0 Å². The Morgan fingerprint density at radius 2 is 2.00 bits per heavy atom. The molecule has 0 aromatic carbocycles. The number of hydrogen-bond acceptors (Lipinski definition) is 5. The van der Waals surface area contributed by atoms with Gasteiger partial charge in [0.2, 0.25) is 5.91 Å². The maximum atomic E-state index is 13.1. The van der Waals surface area contributed by atoms with Gasteiger partial charge in [0.15, 0.2) is 0 Å². The fourth-order valence-electron chi connectivity index (χ4n) is 3.38. The second-order valence-electron chi connectivity index (χ2n) is 7.35. The van der Waals surface area contributed by atoms with Gasteiger partial charge in [-0.2, -0.15) is 0 Å². The van der Waals surface area contributed by atoms with Crippen LogP contribution in [-0.2, 0) is 4.79 Å². The average Bonchev–Trinajstić information content (AvgIpc) is 3.07. The van der Waals surface area contributed by atoms with Crippen molar-refractivity contribution in [3.63, 3.8) is 0 Å². The molecular formula is C20H26N4O2S. The highest BCUT2D eigenvalue weighted by Gasteiger charge is 2.34. The third kappa shape index (κ3) is 4.47. The first-order valence-electron chi connectivity index (χ1n) is 9.19. The quantitative estimate of drug-likeness (QED) is 0.877. The second kappa shape index (κ2) is 8.08. The normalized spacial score (nSPS) is 15.4. The zero-order valence-corrected chi connectivity index (χ0v) is 16.9. The highest BCUT2D eigenvalue weighted by Crippen LogP contribution is 2.21. The standard InChI is InChI=1S/C20H26N4O2S/c1-15-14-21-8-7-16(15)23-9-5-10-24(12-11-23)19(26)20(2,3)22-18(25)17-6-4-13-27-17/h4,6-8,13-14H,5,9-12H2,1-3H3,(H,22,25). The summed E-state index contributed by atoms with van der Waals surface area (Å²) in [5.74, 6) is -0.243. The molecule has 0 bridgehead atoms. The van der Waals surface area contributed by atoms with E-state index in [0.29, 0.717) is 18.0 Å². The van der Waals surface area contributed by atoms with Gasteiger partial charge in [0.05, 0.1) is 4.88 Å². The molecule has 2 aromatic rings. The Hall–Kier alpha value is -2.41. The first kappa shape index (κ1) is 19.4. The van der Waals surface area contributed by atoms with Crippen molar-refractivity contribution in [2.24, 2.45) is 0 Å². The number of aryl methyl sites for hydroxylation is 1. The molecule has 1 fully saturated rings. The Kier molecular flexibility index (Phi) is 5.79. The van der Waals surface area contributed by atoms with Crippen LogP contribution >= 0.6 is 11.3 Å². The van der Waals surface area contributed by atoms with Crippen LogP contribution in [0.5, 0.6) is 0 Å². The number of nitrogens with zero attached hydrogens (tertiary/aromatic N) is 3. The summed E-state index contributed by atoms with van der Waals surface area (Å²) in [7, 11) is 0. The molecule has 7 heteroatoms. The van der Waals surface area contributed by atoms with Gasteiger partial charge in [-0.15, -0.1) is 11.3 Å². The van der Waals surface area contributed by atoms with Crippen LogP contribution in [-0.4, -0.2) is 53.4 Å². The molecule has 2 aromatic heterocycles. The number of hydrogen-bond donors (Lipinski definition) is 1. The average molecular weight is 387 g/mol. The summed E-state index contributed by atoms with van der Waals surface area (Å²) >= 11 is 1.37. The van der Waals surface area contributed by atoms with Crippen LogP contribution in [0.4, 0.5) is 5.69 Å². The van der Waals surface area contributed by atoms with E-state index in [-0.39, 0.29) is 11.8 Å². The van der Waals surface area contributed by atoms with Gasteiger partial charge in [-0.1, -0.05) is 6.07 Å². The summed E-state index contributed by atoms with van der Waals surface area (Å²) < 4.78 is 0. The number of thiophene rings is 1. The van der Waals surface area contributed by atoms with Crippen LogP contribution in [0.3, 0.4) is 0 Å². The van der Waals surface area contributed by atoms with Gasteiger partial charge in [0, 0.05) is 44.3 Å². The zero-order chi connectivity index (χ0) is 19.4. The van der Waals surface area contributed by atoms with Crippen molar-refractivity contribution >= 4 is 28.8 Å². The molecule has 0 unspecified atom stereocenters. The smallest absolute Gasteiger partial charge is 0.262 e. The molecule has 1 aliphatic rings. The second-order valence-corrected chi connectivity index (χ2v) is 8.30. The number of rotatable bonds is 4. The van der Waals surface area contributed by atoms with E-state index in [2.05, 4.69) is 22.1 Å². The number of aromatic nitrogens is 1. The lowest BCUT2D eigenvalue weighted by Crippen LogP contribution is -2.56. The predicted molar refractivity (Wildman–Crippen MR) is 108 cm³/mol. The molecule has 3 rings (SSSR count). The van der Waals surface area contributed by atoms with E-state index >= 15 is 0 Å².